The van der Waals surface area contributed by atoms with Gasteiger partial charge in [-0.3, -0.25) is 0 Å². The second-order valence-electron chi connectivity index (χ2n) is 5.18. The number of nitrogens with one attached hydrogen (secondary N) is 1. The summed E-state index contributed by atoms with van der Waals surface area (Å²) in [5.41, 5.74) is -0.183. The van der Waals surface area contributed by atoms with E-state index in [1.54, 1.807) is 19.1 Å². The summed E-state index contributed by atoms with van der Waals surface area (Å²) in [5, 5.41) is 9.54. The predicted molar refractivity (Wildman–Crippen MR) is 67.3 cm³/mol. The molecule has 0 aliphatic heterocycles. The van der Waals surface area contributed by atoms with Gasteiger partial charge in [0.2, 0.25) is 10.0 Å². The minimum Gasteiger partial charge on any atom is -0.507 e. The smallest absolute Gasteiger partial charge is 0.244 e. The van der Waals surface area contributed by atoms with Crippen LogP contribution in [0.15, 0.2) is 29.2 Å². The summed E-state index contributed by atoms with van der Waals surface area (Å²) in [4.78, 5) is -0.0869. The number of phenolic OH excluding ortho intramolecular Hbond substituents is 1. The Labute approximate surface area is 103 Å². The Morgan fingerprint density at radius 3 is 2.24 bits per heavy atom. The summed E-state index contributed by atoms with van der Waals surface area (Å²) < 4.78 is 26.6. The third-order valence-corrected chi connectivity index (χ3v) is 4.37. The standard InChI is InChI=1S/C12H19NO3S/c1-9(12(2,3)4)13-17(15,16)11-8-6-5-7-10(11)14/h5-9,13-14H,1-4H3. The SMILES string of the molecule is CC(NS(=O)(=O)c1ccccc1O)C(C)(C)C. The number of hydrogen-bond acceptors (Lipinski definition) is 3. The van der Waals surface area contributed by atoms with Crippen LogP contribution in [0, 0.1) is 5.41 Å². The van der Waals surface area contributed by atoms with Crippen LogP contribution in [-0.4, -0.2) is 19.6 Å². The fourth-order valence-corrected chi connectivity index (χ4v) is 2.70. The Kier molecular flexibility index (Phi) is 3.84. The van der Waals surface area contributed by atoms with Crippen LogP contribution in [0.3, 0.4) is 0 Å². The van der Waals surface area contributed by atoms with Crippen LogP contribution in [0.25, 0.3) is 0 Å². The molecule has 0 aliphatic rings. The molecule has 0 heterocycles. The van der Waals surface area contributed by atoms with Crippen molar-refractivity contribution in [1.82, 2.24) is 4.72 Å². The molecule has 0 bridgehead atoms. The summed E-state index contributed by atoms with van der Waals surface area (Å²) in [5.74, 6) is -0.235. The fourth-order valence-electron chi connectivity index (χ4n) is 1.16. The first-order valence-corrected chi connectivity index (χ1v) is 6.93. The van der Waals surface area contributed by atoms with Crippen LogP contribution in [0.2, 0.25) is 0 Å². The first kappa shape index (κ1) is 14.0. The Balaban J connectivity index is 3.03. The molecule has 0 fully saturated rings. The number of para-hydroxylation sites is 1. The predicted octanol–water partition coefficient (Wildman–Crippen LogP) is 2.11. The van der Waals surface area contributed by atoms with Crippen molar-refractivity contribution in [2.24, 2.45) is 5.41 Å². The van der Waals surface area contributed by atoms with Crippen molar-refractivity contribution in [3.05, 3.63) is 24.3 Å². The molecule has 0 radical (unpaired) electrons. The molecule has 0 amide bonds. The van der Waals surface area contributed by atoms with Crippen LogP contribution in [0.4, 0.5) is 0 Å². The van der Waals surface area contributed by atoms with Gasteiger partial charge in [-0.2, -0.15) is 0 Å². The molecule has 0 aliphatic carbocycles. The van der Waals surface area contributed by atoms with Crippen LogP contribution in [0.1, 0.15) is 27.7 Å². The molecule has 17 heavy (non-hydrogen) atoms. The number of sulfonamides is 1. The molecule has 2 N–H and O–H groups in total. The van der Waals surface area contributed by atoms with E-state index in [-0.39, 0.29) is 22.1 Å². The van der Waals surface area contributed by atoms with Gasteiger partial charge in [0.1, 0.15) is 10.6 Å². The molecule has 1 atom stereocenters. The summed E-state index contributed by atoms with van der Waals surface area (Å²) in [6, 6.07) is 5.67. The highest BCUT2D eigenvalue weighted by atomic mass is 32.2. The van der Waals surface area contributed by atoms with Gasteiger partial charge in [0.15, 0.2) is 0 Å². The van der Waals surface area contributed by atoms with Crippen LogP contribution in [-0.2, 0) is 10.0 Å². The van der Waals surface area contributed by atoms with E-state index < -0.39 is 10.0 Å². The maximum atomic E-state index is 12.0. The topological polar surface area (TPSA) is 66.4 Å². The highest BCUT2D eigenvalue weighted by Gasteiger charge is 2.27. The maximum absolute atomic E-state index is 12.0. The van der Waals surface area contributed by atoms with Crippen molar-refractivity contribution in [2.75, 3.05) is 0 Å². The molecule has 1 aromatic carbocycles. The summed E-state index contributed by atoms with van der Waals surface area (Å²) in [6.07, 6.45) is 0. The van der Waals surface area contributed by atoms with Gasteiger partial charge < -0.3 is 5.11 Å². The molecule has 96 valence electrons. The van der Waals surface area contributed by atoms with Crippen molar-refractivity contribution in [3.8, 4) is 5.75 Å². The highest BCUT2D eigenvalue weighted by molar-refractivity contribution is 7.89. The second kappa shape index (κ2) is 4.66. The average Bonchev–Trinajstić information content (AvgIpc) is 2.15. The lowest BCUT2D eigenvalue weighted by atomic mass is 9.89. The molecule has 0 aromatic heterocycles. The molecule has 0 saturated heterocycles. The fraction of sp³-hybridized carbons (Fsp3) is 0.500. The molecule has 1 unspecified atom stereocenters. The summed E-state index contributed by atoms with van der Waals surface area (Å²) >= 11 is 0. The van der Waals surface area contributed by atoms with E-state index in [4.69, 9.17) is 0 Å². The van der Waals surface area contributed by atoms with Gasteiger partial charge in [-0.15, -0.1) is 0 Å². The van der Waals surface area contributed by atoms with Crippen molar-refractivity contribution in [1.29, 1.82) is 0 Å². The van der Waals surface area contributed by atoms with Gasteiger partial charge >= 0.3 is 0 Å². The minimum absolute atomic E-state index is 0.0869. The number of phenols is 1. The summed E-state index contributed by atoms with van der Waals surface area (Å²) in [7, 11) is -3.67. The quantitative estimate of drug-likeness (QED) is 0.871. The number of benzene rings is 1. The normalized spacial score (nSPS) is 14.6. The Morgan fingerprint density at radius 1 is 1.24 bits per heavy atom. The first-order valence-electron chi connectivity index (χ1n) is 5.45. The van der Waals surface area contributed by atoms with Gasteiger partial charge in [0.05, 0.1) is 0 Å². The van der Waals surface area contributed by atoms with Gasteiger partial charge in [0.25, 0.3) is 0 Å². The van der Waals surface area contributed by atoms with Gasteiger partial charge in [0, 0.05) is 6.04 Å². The van der Waals surface area contributed by atoms with Crippen LogP contribution < -0.4 is 4.72 Å². The van der Waals surface area contributed by atoms with Crippen molar-refractivity contribution in [3.63, 3.8) is 0 Å². The molecule has 0 spiro atoms. The molecular weight excluding hydrogens is 238 g/mol. The molecule has 1 aromatic rings. The van der Waals surface area contributed by atoms with Crippen LogP contribution in [0.5, 0.6) is 5.75 Å². The van der Waals surface area contributed by atoms with Crippen molar-refractivity contribution in [2.45, 2.75) is 38.6 Å². The third kappa shape index (κ3) is 3.44. The second-order valence-corrected chi connectivity index (χ2v) is 6.86. The number of hydrogen-bond donors (Lipinski definition) is 2. The van der Waals surface area contributed by atoms with E-state index in [2.05, 4.69) is 4.72 Å². The average molecular weight is 257 g/mol. The minimum atomic E-state index is -3.67. The van der Waals surface area contributed by atoms with Crippen LogP contribution >= 0.6 is 0 Å². The highest BCUT2D eigenvalue weighted by Crippen LogP contribution is 2.24. The summed E-state index contributed by atoms with van der Waals surface area (Å²) in [6.45, 7) is 7.65. The zero-order valence-corrected chi connectivity index (χ0v) is 11.4. The molecule has 4 nitrogen and oxygen atoms in total. The lowest BCUT2D eigenvalue weighted by molar-refractivity contribution is 0.317. The zero-order chi connectivity index (χ0) is 13.3. The van der Waals surface area contributed by atoms with Gasteiger partial charge in [-0.1, -0.05) is 32.9 Å². The molecule has 0 saturated carbocycles. The van der Waals surface area contributed by atoms with Crippen molar-refractivity contribution < 1.29 is 13.5 Å². The lowest BCUT2D eigenvalue weighted by Gasteiger charge is -2.27. The van der Waals surface area contributed by atoms with E-state index in [1.165, 1.54) is 12.1 Å². The van der Waals surface area contributed by atoms with Gasteiger partial charge in [-0.05, 0) is 24.5 Å². The Hall–Kier alpha value is -1.07. The Morgan fingerprint density at radius 2 is 1.76 bits per heavy atom. The Bertz CT molecular complexity index is 489. The monoisotopic (exact) mass is 257 g/mol. The van der Waals surface area contributed by atoms with E-state index in [0.29, 0.717) is 0 Å². The molecular formula is C12H19NO3S. The van der Waals surface area contributed by atoms with Gasteiger partial charge in [-0.25, -0.2) is 13.1 Å². The van der Waals surface area contributed by atoms with E-state index in [0.717, 1.165) is 0 Å². The van der Waals surface area contributed by atoms with Crippen molar-refractivity contribution >= 4 is 10.0 Å². The molecule has 5 heteroatoms. The number of rotatable bonds is 3. The lowest BCUT2D eigenvalue weighted by Crippen LogP contribution is -2.41. The largest absolute Gasteiger partial charge is 0.507 e. The number of aromatic hydroxyl groups is 1. The van der Waals surface area contributed by atoms with E-state index in [1.807, 2.05) is 20.8 Å². The maximum Gasteiger partial charge on any atom is 0.244 e. The third-order valence-electron chi connectivity index (χ3n) is 2.79. The van der Waals surface area contributed by atoms with E-state index in [9.17, 15) is 13.5 Å². The molecule has 1 rings (SSSR count). The first-order chi connectivity index (χ1) is 7.64. The van der Waals surface area contributed by atoms with E-state index >= 15 is 0 Å². The zero-order valence-electron chi connectivity index (χ0n) is 10.6.